The van der Waals surface area contributed by atoms with Gasteiger partial charge < -0.3 is 15.5 Å². The molecule has 2 aromatic carbocycles. The number of amidine groups is 1. The lowest BCUT2D eigenvalue weighted by molar-refractivity contribution is 0.0726. The lowest BCUT2D eigenvalue weighted by Gasteiger charge is -2.24. The second-order valence-corrected chi connectivity index (χ2v) is 9.36. The van der Waals surface area contributed by atoms with E-state index in [2.05, 4.69) is 52.4 Å². The van der Waals surface area contributed by atoms with Crippen molar-refractivity contribution in [1.82, 2.24) is 25.1 Å². The number of amides is 1. The minimum Gasteiger partial charge on any atom is -0.349 e. The van der Waals surface area contributed by atoms with Gasteiger partial charge >= 0.3 is 0 Å². The van der Waals surface area contributed by atoms with Crippen LogP contribution in [0, 0.1) is 12.3 Å². The molecule has 3 aliphatic rings. The number of nitrogens with one attached hydrogen (secondary N) is 2. The van der Waals surface area contributed by atoms with Crippen molar-refractivity contribution in [1.29, 1.82) is 0 Å². The molecule has 6 rings (SSSR count). The van der Waals surface area contributed by atoms with Crippen molar-refractivity contribution in [2.45, 2.75) is 38.3 Å². The van der Waals surface area contributed by atoms with Crippen LogP contribution < -0.4 is 10.6 Å². The number of nitrogens with zero attached hydrogens (tertiary/aromatic N) is 4. The smallest absolute Gasteiger partial charge is 0.256 e. The van der Waals surface area contributed by atoms with Crippen LogP contribution in [0.3, 0.4) is 0 Å². The van der Waals surface area contributed by atoms with Crippen molar-refractivity contribution >= 4 is 28.3 Å². The van der Waals surface area contributed by atoms with Gasteiger partial charge in [0, 0.05) is 18.8 Å². The standard InChI is InChI=1S/C28H28N6O/c1-4-17-8-6-9-20-25(17)34-24-14-18(19-15-30-26(31-16-19)22-10-7-13-29-22)11-12-21(24)32-27(34)23(5-2)33(3)28(20)35/h1,6,8-9,11-12,14-15,22-23,29H,5,7,10,13,16H2,2-3H3,(H,30,31). The Morgan fingerprint density at radius 1 is 1.26 bits per heavy atom. The van der Waals surface area contributed by atoms with Gasteiger partial charge in [-0.1, -0.05) is 25.0 Å². The normalized spacial score (nSPS) is 21.5. The minimum absolute atomic E-state index is 0.0414. The van der Waals surface area contributed by atoms with Crippen LogP contribution in [-0.2, 0) is 0 Å². The molecule has 3 aromatic rings. The number of para-hydroxylation sites is 1. The van der Waals surface area contributed by atoms with Gasteiger partial charge in [0.05, 0.1) is 40.9 Å². The molecule has 4 heterocycles. The van der Waals surface area contributed by atoms with Gasteiger partial charge in [-0.3, -0.25) is 14.4 Å². The Morgan fingerprint density at radius 2 is 2.14 bits per heavy atom. The van der Waals surface area contributed by atoms with E-state index in [-0.39, 0.29) is 11.9 Å². The summed E-state index contributed by atoms with van der Waals surface area (Å²) < 4.78 is 2.10. The molecule has 7 nitrogen and oxygen atoms in total. The molecule has 2 atom stereocenters. The van der Waals surface area contributed by atoms with Crippen LogP contribution in [0.2, 0.25) is 0 Å². The van der Waals surface area contributed by atoms with E-state index in [4.69, 9.17) is 16.4 Å². The van der Waals surface area contributed by atoms with Gasteiger partial charge in [-0.25, -0.2) is 4.98 Å². The molecule has 0 bridgehead atoms. The van der Waals surface area contributed by atoms with E-state index in [0.29, 0.717) is 23.7 Å². The third-order valence-electron chi connectivity index (χ3n) is 7.37. The number of fused-ring (bicyclic) bond motifs is 5. The van der Waals surface area contributed by atoms with Crippen LogP contribution in [0.5, 0.6) is 0 Å². The minimum atomic E-state index is -0.155. The Morgan fingerprint density at radius 3 is 2.86 bits per heavy atom. The van der Waals surface area contributed by atoms with Crippen LogP contribution in [0.4, 0.5) is 0 Å². The first-order valence-corrected chi connectivity index (χ1v) is 12.2. The van der Waals surface area contributed by atoms with E-state index in [1.807, 2.05) is 25.2 Å². The third-order valence-corrected chi connectivity index (χ3v) is 7.37. The highest BCUT2D eigenvalue weighted by molar-refractivity contribution is 6.01. The molecule has 176 valence electrons. The van der Waals surface area contributed by atoms with Crippen LogP contribution >= 0.6 is 0 Å². The van der Waals surface area contributed by atoms with Crippen LogP contribution in [-0.4, -0.2) is 52.4 Å². The second-order valence-electron chi connectivity index (χ2n) is 9.36. The highest BCUT2D eigenvalue weighted by Crippen LogP contribution is 2.37. The highest BCUT2D eigenvalue weighted by atomic mass is 16.2. The number of hydrogen-bond donors (Lipinski definition) is 2. The Hall–Kier alpha value is -3.89. The molecule has 2 N–H and O–H groups in total. The molecule has 1 fully saturated rings. The molecule has 2 unspecified atom stereocenters. The fourth-order valence-electron chi connectivity index (χ4n) is 5.51. The third kappa shape index (κ3) is 3.36. The maximum Gasteiger partial charge on any atom is 0.256 e. The second kappa shape index (κ2) is 8.40. The number of rotatable bonds is 3. The summed E-state index contributed by atoms with van der Waals surface area (Å²) in [7, 11) is 1.84. The van der Waals surface area contributed by atoms with E-state index >= 15 is 0 Å². The van der Waals surface area contributed by atoms with Gasteiger partial charge in [-0.15, -0.1) is 6.42 Å². The average molecular weight is 465 g/mol. The molecular formula is C28H28N6O. The summed E-state index contributed by atoms with van der Waals surface area (Å²) in [5.74, 6) is 4.60. The first-order valence-electron chi connectivity index (χ1n) is 12.2. The number of carbonyl (C=O) groups is 1. The summed E-state index contributed by atoms with van der Waals surface area (Å²) >= 11 is 0. The topological polar surface area (TPSA) is 74.6 Å². The van der Waals surface area contributed by atoms with Crippen molar-refractivity contribution in [2.75, 3.05) is 20.1 Å². The molecule has 3 aliphatic heterocycles. The summed E-state index contributed by atoms with van der Waals surface area (Å²) in [6.45, 7) is 3.75. The number of hydrogen-bond acceptors (Lipinski definition) is 5. The molecule has 0 aliphatic carbocycles. The summed E-state index contributed by atoms with van der Waals surface area (Å²) in [6, 6.07) is 12.1. The number of carbonyl (C=O) groups excluding carboxylic acids is 1. The van der Waals surface area contributed by atoms with E-state index < -0.39 is 0 Å². The monoisotopic (exact) mass is 464 g/mol. The number of aliphatic imine (C=N–C) groups is 1. The Labute approximate surface area is 204 Å². The summed E-state index contributed by atoms with van der Waals surface area (Å²) in [4.78, 5) is 25.0. The fourth-order valence-corrected chi connectivity index (χ4v) is 5.51. The molecular weight excluding hydrogens is 436 g/mol. The van der Waals surface area contributed by atoms with Crippen molar-refractivity contribution in [3.05, 3.63) is 65.1 Å². The number of aromatic nitrogens is 2. The predicted molar refractivity (Wildman–Crippen MR) is 139 cm³/mol. The zero-order chi connectivity index (χ0) is 24.1. The largest absolute Gasteiger partial charge is 0.349 e. The van der Waals surface area contributed by atoms with Gasteiger partial charge in [0.1, 0.15) is 11.7 Å². The number of benzene rings is 2. The van der Waals surface area contributed by atoms with Crippen LogP contribution in [0.25, 0.3) is 22.3 Å². The first-order chi connectivity index (χ1) is 17.1. The molecule has 35 heavy (non-hydrogen) atoms. The zero-order valence-corrected chi connectivity index (χ0v) is 20.0. The summed E-state index contributed by atoms with van der Waals surface area (Å²) in [5, 5.41) is 6.91. The maximum atomic E-state index is 13.4. The van der Waals surface area contributed by atoms with Gasteiger partial charge in [-0.2, -0.15) is 0 Å². The van der Waals surface area contributed by atoms with Gasteiger partial charge in [0.15, 0.2) is 0 Å². The van der Waals surface area contributed by atoms with Gasteiger partial charge in [0.25, 0.3) is 5.91 Å². The lowest BCUT2D eigenvalue weighted by Crippen LogP contribution is -2.40. The van der Waals surface area contributed by atoms with Crippen molar-refractivity contribution in [3.63, 3.8) is 0 Å². The summed E-state index contributed by atoms with van der Waals surface area (Å²) in [6.07, 6.45) is 11.0. The van der Waals surface area contributed by atoms with E-state index in [0.717, 1.165) is 58.9 Å². The van der Waals surface area contributed by atoms with Crippen molar-refractivity contribution in [2.24, 2.45) is 4.99 Å². The Kier molecular flexibility index (Phi) is 5.19. The average Bonchev–Trinajstić information content (AvgIpc) is 3.54. The molecule has 1 amide bonds. The SMILES string of the molecule is C#Cc1cccc2c1-n1c(nc3ccc(C4=CNC(C5CCCN5)=NC4)cc31)C(CC)N(C)C2=O. The fraction of sp³-hybridized carbons (Fsp3) is 0.321. The van der Waals surface area contributed by atoms with Crippen LogP contribution in [0.15, 0.2) is 47.6 Å². The highest BCUT2D eigenvalue weighted by Gasteiger charge is 2.34. The molecule has 1 aromatic heterocycles. The van der Waals surface area contributed by atoms with E-state index in [1.165, 1.54) is 6.42 Å². The molecule has 7 heteroatoms. The van der Waals surface area contributed by atoms with Gasteiger partial charge in [0.2, 0.25) is 0 Å². The molecule has 1 saturated heterocycles. The Balaban J connectivity index is 1.50. The lowest BCUT2D eigenvalue weighted by atomic mass is 10.0. The van der Waals surface area contributed by atoms with E-state index in [1.54, 1.807) is 4.90 Å². The first kappa shape index (κ1) is 21.6. The number of imidazole rings is 1. The molecule has 0 radical (unpaired) electrons. The molecule has 0 saturated carbocycles. The van der Waals surface area contributed by atoms with Crippen molar-refractivity contribution < 1.29 is 4.79 Å². The molecule has 0 spiro atoms. The quantitative estimate of drug-likeness (QED) is 0.581. The van der Waals surface area contributed by atoms with E-state index in [9.17, 15) is 4.79 Å². The van der Waals surface area contributed by atoms with Crippen molar-refractivity contribution in [3.8, 4) is 18.0 Å². The number of terminal acetylenes is 1. The van der Waals surface area contributed by atoms with Crippen LogP contribution in [0.1, 0.15) is 59.5 Å². The van der Waals surface area contributed by atoms with Gasteiger partial charge in [-0.05, 0) is 61.2 Å². The Bertz CT molecular complexity index is 1450. The summed E-state index contributed by atoms with van der Waals surface area (Å²) in [5.41, 5.74) is 6.03. The predicted octanol–water partition coefficient (Wildman–Crippen LogP) is 3.64. The zero-order valence-electron chi connectivity index (χ0n) is 20.0. The maximum absolute atomic E-state index is 13.4.